The van der Waals surface area contributed by atoms with Gasteiger partial charge in [0.2, 0.25) is 0 Å². The Labute approximate surface area is 108 Å². The van der Waals surface area contributed by atoms with Gasteiger partial charge in [0.1, 0.15) is 11.8 Å². The van der Waals surface area contributed by atoms with E-state index in [1.807, 2.05) is 36.9 Å². The lowest BCUT2D eigenvalue weighted by Crippen LogP contribution is -2.39. The molecule has 0 unspecified atom stereocenters. The monoisotopic (exact) mass is 251 g/mol. The van der Waals surface area contributed by atoms with Crippen LogP contribution in [0.4, 0.5) is 5.69 Å². The number of ether oxygens (including phenoxy) is 1. The predicted molar refractivity (Wildman–Crippen MR) is 72.5 cm³/mol. The molecule has 0 aliphatic rings. The summed E-state index contributed by atoms with van der Waals surface area (Å²) in [6.07, 6.45) is 0.884. The molecule has 0 saturated carbocycles. The van der Waals surface area contributed by atoms with Crippen molar-refractivity contribution < 1.29 is 14.6 Å². The van der Waals surface area contributed by atoms with Crippen LogP contribution in [-0.2, 0) is 4.79 Å². The fourth-order valence-electron chi connectivity index (χ4n) is 1.92. The van der Waals surface area contributed by atoms with Crippen LogP contribution in [0.3, 0.4) is 0 Å². The van der Waals surface area contributed by atoms with Crippen LogP contribution in [-0.4, -0.2) is 30.8 Å². The molecule has 0 aromatic heterocycles. The number of aliphatic carboxylic acids is 1. The maximum Gasteiger partial charge on any atom is 0.326 e. The molecule has 1 aromatic carbocycles. The Morgan fingerprint density at radius 1 is 1.50 bits per heavy atom. The molecule has 100 valence electrons. The van der Waals surface area contributed by atoms with Gasteiger partial charge in [0.05, 0.1) is 12.8 Å². The molecule has 4 nitrogen and oxygen atoms in total. The Morgan fingerprint density at radius 2 is 2.17 bits per heavy atom. The molecule has 0 bridgehead atoms. The van der Waals surface area contributed by atoms with Crippen molar-refractivity contribution in [1.82, 2.24) is 0 Å². The van der Waals surface area contributed by atoms with Crippen LogP contribution in [0.2, 0.25) is 0 Å². The van der Waals surface area contributed by atoms with Crippen LogP contribution in [0.5, 0.6) is 5.75 Å². The summed E-state index contributed by atoms with van der Waals surface area (Å²) < 4.78 is 5.32. The van der Waals surface area contributed by atoms with Crippen molar-refractivity contribution in [1.29, 1.82) is 0 Å². The quantitative estimate of drug-likeness (QED) is 0.844. The summed E-state index contributed by atoms with van der Waals surface area (Å²) in [4.78, 5) is 13.1. The first-order valence-electron chi connectivity index (χ1n) is 6.15. The zero-order chi connectivity index (χ0) is 13.7. The zero-order valence-electron chi connectivity index (χ0n) is 11.4. The van der Waals surface area contributed by atoms with Gasteiger partial charge >= 0.3 is 5.97 Å². The van der Waals surface area contributed by atoms with Gasteiger partial charge < -0.3 is 14.7 Å². The van der Waals surface area contributed by atoms with Gasteiger partial charge in [-0.15, -0.1) is 0 Å². The maximum absolute atomic E-state index is 11.2. The predicted octanol–water partition coefficient (Wildman–Crippen LogP) is 2.69. The summed E-state index contributed by atoms with van der Waals surface area (Å²) >= 11 is 0. The first kappa shape index (κ1) is 14.4. The number of benzene rings is 1. The largest absolute Gasteiger partial charge is 0.495 e. The van der Waals surface area contributed by atoms with E-state index in [9.17, 15) is 9.90 Å². The van der Waals surface area contributed by atoms with Crippen molar-refractivity contribution >= 4 is 11.7 Å². The van der Waals surface area contributed by atoms with Gasteiger partial charge in [-0.05, 0) is 38.0 Å². The van der Waals surface area contributed by atoms with Crippen LogP contribution < -0.4 is 9.64 Å². The van der Waals surface area contributed by atoms with Crippen molar-refractivity contribution in [2.45, 2.75) is 33.2 Å². The van der Waals surface area contributed by atoms with Gasteiger partial charge in [-0.2, -0.15) is 0 Å². The second-order valence-corrected chi connectivity index (χ2v) is 4.38. The minimum absolute atomic E-state index is 0.569. The van der Waals surface area contributed by atoms with Crippen LogP contribution >= 0.6 is 0 Å². The molecule has 0 spiro atoms. The molecule has 4 heteroatoms. The average Bonchev–Trinajstić information content (AvgIpc) is 2.35. The number of hydrogen-bond acceptors (Lipinski definition) is 3. The Bertz CT molecular complexity index is 418. The van der Waals surface area contributed by atoms with E-state index in [1.165, 1.54) is 0 Å². The number of anilines is 1. The normalized spacial score (nSPS) is 12.0. The lowest BCUT2D eigenvalue weighted by molar-refractivity contribution is -0.138. The molecular weight excluding hydrogens is 230 g/mol. The van der Waals surface area contributed by atoms with Crippen LogP contribution in [0.1, 0.15) is 25.8 Å². The van der Waals surface area contributed by atoms with Gasteiger partial charge in [0.15, 0.2) is 0 Å². The fraction of sp³-hybridized carbons (Fsp3) is 0.500. The van der Waals surface area contributed by atoms with Crippen molar-refractivity contribution in [3.8, 4) is 5.75 Å². The minimum atomic E-state index is -0.827. The SMILES string of the molecule is CCCN(c1cc(C)ccc1OC)[C@@H](C)C(=O)O. The van der Waals surface area contributed by atoms with E-state index in [0.717, 1.165) is 17.7 Å². The highest BCUT2D eigenvalue weighted by Crippen LogP contribution is 2.30. The number of methoxy groups -OCH3 is 1. The first-order chi connectivity index (χ1) is 8.51. The number of carboxylic acid groups (broad SMARTS) is 1. The lowest BCUT2D eigenvalue weighted by atomic mass is 10.1. The maximum atomic E-state index is 11.2. The molecule has 1 atom stereocenters. The smallest absolute Gasteiger partial charge is 0.326 e. The summed E-state index contributed by atoms with van der Waals surface area (Å²) in [6, 6.07) is 5.23. The Balaban J connectivity index is 3.19. The van der Waals surface area contributed by atoms with E-state index in [1.54, 1.807) is 14.0 Å². The average molecular weight is 251 g/mol. The third-order valence-electron chi connectivity index (χ3n) is 2.93. The zero-order valence-corrected chi connectivity index (χ0v) is 11.4. The highest BCUT2D eigenvalue weighted by atomic mass is 16.5. The molecule has 0 fully saturated rings. The fourth-order valence-corrected chi connectivity index (χ4v) is 1.92. The van der Waals surface area contributed by atoms with Gasteiger partial charge in [-0.1, -0.05) is 13.0 Å². The van der Waals surface area contributed by atoms with E-state index in [2.05, 4.69) is 0 Å². The number of carbonyl (C=O) groups is 1. The second-order valence-electron chi connectivity index (χ2n) is 4.38. The molecule has 0 amide bonds. The summed E-state index contributed by atoms with van der Waals surface area (Å²) in [5, 5.41) is 9.19. The Hall–Kier alpha value is -1.71. The van der Waals surface area contributed by atoms with Crippen molar-refractivity contribution in [2.75, 3.05) is 18.6 Å². The Kier molecular flexibility index (Phi) is 5.01. The third-order valence-corrected chi connectivity index (χ3v) is 2.93. The van der Waals surface area contributed by atoms with E-state index < -0.39 is 12.0 Å². The van der Waals surface area contributed by atoms with Gasteiger partial charge in [-0.25, -0.2) is 4.79 Å². The summed E-state index contributed by atoms with van der Waals surface area (Å²) in [5.41, 5.74) is 1.93. The standard InChI is InChI=1S/C14H21NO3/c1-5-8-15(11(3)14(16)17)12-9-10(2)6-7-13(12)18-4/h6-7,9,11H,5,8H2,1-4H3,(H,16,17)/t11-/m0/s1. The first-order valence-corrected chi connectivity index (χ1v) is 6.15. The molecule has 0 saturated heterocycles. The van der Waals surface area contributed by atoms with Gasteiger partial charge in [-0.3, -0.25) is 0 Å². The Morgan fingerprint density at radius 3 is 2.67 bits per heavy atom. The number of carboxylic acids is 1. The molecule has 0 aliphatic carbocycles. The van der Waals surface area contributed by atoms with Crippen molar-refractivity contribution in [3.63, 3.8) is 0 Å². The highest BCUT2D eigenvalue weighted by molar-refractivity contribution is 5.79. The van der Waals surface area contributed by atoms with Crippen LogP contribution in [0.15, 0.2) is 18.2 Å². The number of aryl methyl sites for hydroxylation is 1. The van der Waals surface area contributed by atoms with Gasteiger partial charge in [0, 0.05) is 6.54 Å². The number of hydrogen-bond donors (Lipinski definition) is 1. The molecule has 0 radical (unpaired) electrons. The summed E-state index contributed by atoms with van der Waals surface area (Å²) in [5.74, 6) is -0.117. The van der Waals surface area contributed by atoms with E-state index in [-0.39, 0.29) is 0 Å². The molecule has 0 heterocycles. The van der Waals surface area contributed by atoms with E-state index in [0.29, 0.717) is 12.3 Å². The number of rotatable bonds is 6. The topological polar surface area (TPSA) is 49.8 Å². The third kappa shape index (κ3) is 3.15. The number of nitrogens with zero attached hydrogens (tertiary/aromatic N) is 1. The van der Waals surface area contributed by atoms with Crippen LogP contribution in [0, 0.1) is 6.92 Å². The van der Waals surface area contributed by atoms with E-state index >= 15 is 0 Å². The molecule has 18 heavy (non-hydrogen) atoms. The molecule has 1 N–H and O–H groups in total. The van der Waals surface area contributed by atoms with Crippen LogP contribution in [0.25, 0.3) is 0 Å². The van der Waals surface area contributed by atoms with E-state index in [4.69, 9.17) is 4.74 Å². The van der Waals surface area contributed by atoms with Crippen molar-refractivity contribution in [3.05, 3.63) is 23.8 Å². The lowest BCUT2D eigenvalue weighted by Gasteiger charge is -2.30. The molecular formula is C14H21NO3. The summed E-state index contributed by atoms with van der Waals surface area (Å²) in [6.45, 7) is 6.40. The molecule has 1 aromatic rings. The molecule has 0 aliphatic heterocycles. The molecule has 1 rings (SSSR count). The van der Waals surface area contributed by atoms with Crippen molar-refractivity contribution in [2.24, 2.45) is 0 Å². The minimum Gasteiger partial charge on any atom is -0.495 e. The summed E-state index contributed by atoms with van der Waals surface area (Å²) in [7, 11) is 1.60. The van der Waals surface area contributed by atoms with Gasteiger partial charge in [0.25, 0.3) is 0 Å². The second kappa shape index (κ2) is 6.28. The highest BCUT2D eigenvalue weighted by Gasteiger charge is 2.22.